The van der Waals surface area contributed by atoms with E-state index in [2.05, 4.69) is 45.0 Å². The second-order valence-electron chi connectivity index (χ2n) is 7.51. The van der Waals surface area contributed by atoms with Crippen LogP contribution in [0.4, 0.5) is 0 Å². The molecule has 0 aliphatic heterocycles. The summed E-state index contributed by atoms with van der Waals surface area (Å²) in [5.41, 5.74) is 8.45. The molecule has 2 aromatic heterocycles. The fourth-order valence-corrected chi connectivity index (χ4v) is 2.65. The van der Waals surface area contributed by atoms with E-state index in [9.17, 15) is 4.79 Å². The van der Waals surface area contributed by atoms with Crippen molar-refractivity contribution in [1.29, 1.82) is 0 Å². The van der Waals surface area contributed by atoms with E-state index in [4.69, 9.17) is 10.7 Å². The van der Waals surface area contributed by atoms with Gasteiger partial charge in [-0.1, -0.05) is 13.8 Å². The Hall–Kier alpha value is -1.95. The molecule has 132 valence electrons. The first kappa shape index (κ1) is 18.4. The van der Waals surface area contributed by atoms with Gasteiger partial charge < -0.3 is 11.1 Å². The summed E-state index contributed by atoms with van der Waals surface area (Å²) in [5, 5.41) is 8.44. The number of aryl methyl sites for hydroxylation is 1. The summed E-state index contributed by atoms with van der Waals surface area (Å²) in [6.45, 7) is 13.5. The molecule has 0 spiro atoms. The number of amides is 1. The Bertz CT molecular complexity index is 740. The lowest BCUT2D eigenvalue weighted by atomic mass is 10.0. The van der Waals surface area contributed by atoms with Gasteiger partial charge in [-0.15, -0.1) is 0 Å². The average molecular weight is 331 g/mol. The lowest BCUT2D eigenvalue weighted by Gasteiger charge is -2.20. The van der Waals surface area contributed by atoms with E-state index in [0.29, 0.717) is 18.7 Å². The Morgan fingerprint density at radius 3 is 2.58 bits per heavy atom. The van der Waals surface area contributed by atoms with Crippen molar-refractivity contribution in [3.05, 3.63) is 23.0 Å². The van der Waals surface area contributed by atoms with Crippen molar-refractivity contribution < 1.29 is 4.79 Å². The first-order valence-corrected chi connectivity index (χ1v) is 8.55. The van der Waals surface area contributed by atoms with Gasteiger partial charge >= 0.3 is 0 Å². The molecule has 0 aliphatic rings. The third kappa shape index (κ3) is 3.59. The van der Waals surface area contributed by atoms with E-state index in [0.717, 1.165) is 28.8 Å². The second kappa shape index (κ2) is 6.89. The number of nitrogens with one attached hydrogen (secondary N) is 1. The number of nitrogens with two attached hydrogens (primary N) is 1. The molecule has 0 saturated heterocycles. The van der Waals surface area contributed by atoms with E-state index >= 15 is 0 Å². The van der Waals surface area contributed by atoms with E-state index in [1.165, 1.54) is 0 Å². The van der Waals surface area contributed by atoms with Crippen molar-refractivity contribution in [1.82, 2.24) is 20.1 Å². The van der Waals surface area contributed by atoms with Crippen LogP contribution in [0.25, 0.3) is 11.0 Å². The maximum atomic E-state index is 12.7. The number of hydrogen-bond donors (Lipinski definition) is 2. The summed E-state index contributed by atoms with van der Waals surface area (Å²) in [7, 11) is 0. The largest absolute Gasteiger partial charge is 0.352 e. The summed E-state index contributed by atoms with van der Waals surface area (Å²) in [6, 6.07) is 1.90. The van der Waals surface area contributed by atoms with Gasteiger partial charge in [0.25, 0.3) is 5.91 Å². The Morgan fingerprint density at radius 2 is 2.04 bits per heavy atom. The van der Waals surface area contributed by atoms with Gasteiger partial charge in [0, 0.05) is 12.2 Å². The average Bonchev–Trinajstić information content (AvgIpc) is 2.84. The van der Waals surface area contributed by atoms with Crippen LogP contribution >= 0.6 is 0 Å². The zero-order valence-corrected chi connectivity index (χ0v) is 15.6. The maximum Gasteiger partial charge on any atom is 0.252 e. The first-order chi connectivity index (χ1) is 11.2. The van der Waals surface area contributed by atoms with Crippen molar-refractivity contribution in [2.24, 2.45) is 5.73 Å². The van der Waals surface area contributed by atoms with Gasteiger partial charge in [0.05, 0.1) is 22.2 Å². The highest BCUT2D eigenvalue weighted by Gasteiger charge is 2.25. The smallest absolute Gasteiger partial charge is 0.252 e. The molecule has 2 aromatic rings. The molecular weight excluding hydrogens is 302 g/mol. The Balaban J connectivity index is 2.65. The molecule has 6 heteroatoms. The number of fused-ring (bicyclic) bond motifs is 1. The van der Waals surface area contributed by atoms with Crippen LogP contribution in [-0.2, 0) is 5.54 Å². The standard InChI is InChI=1S/C18H29N5O/c1-11(2)14-10-13(17(24)20-9-7-8-19)15-12(3)22-23(16(15)21-14)18(4,5)6/h10-11H,7-9,19H2,1-6H3,(H,20,24). The van der Waals surface area contributed by atoms with Gasteiger partial charge in [-0.3, -0.25) is 4.79 Å². The predicted octanol–water partition coefficient (Wildman–Crippen LogP) is 2.70. The molecule has 0 atom stereocenters. The predicted molar refractivity (Wildman–Crippen MR) is 97.4 cm³/mol. The lowest BCUT2D eigenvalue weighted by Crippen LogP contribution is -2.27. The van der Waals surface area contributed by atoms with Crippen molar-refractivity contribution in [3.8, 4) is 0 Å². The lowest BCUT2D eigenvalue weighted by molar-refractivity contribution is 0.0955. The van der Waals surface area contributed by atoms with Crippen molar-refractivity contribution in [2.45, 2.75) is 59.4 Å². The SMILES string of the molecule is Cc1nn(C(C)(C)C)c2nc(C(C)C)cc(C(=O)NCCCN)c12. The monoisotopic (exact) mass is 331 g/mol. The second-order valence-corrected chi connectivity index (χ2v) is 7.51. The molecule has 2 heterocycles. The number of carbonyl (C=O) groups is 1. The number of aromatic nitrogens is 3. The van der Waals surface area contributed by atoms with E-state index in [1.54, 1.807) is 0 Å². The molecular formula is C18H29N5O. The van der Waals surface area contributed by atoms with Crippen LogP contribution in [-0.4, -0.2) is 33.8 Å². The first-order valence-electron chi connectivity index (χ1n) is 8.55. The van der Waals surface area contributed by atoms with Gasteiger partial charge in [0.2, 0.25) is 0 Å². The minimum atomic E-state index is -0.206. The molecule has 0 aliphatic carbocycles. The molecule has 2 rings (SSSR count). The number of nitrogens with zero attached hydrogens (tertiary/aromatic N) is 3. The number of carbonyl (C=O) groups excluding carboxylic acids is 1. The van der Waals surface area contributed by atoms with Crippen LogP contribution in [0.1, 0.15) is 68.7 Å². The molecule has 0 aromatic carbocycles. The summed E-state index contributed by atoms with van der Waals surface area (Å²) < 4.78 is 1.92. The minimum absolute atomic E-state index is 0.0886. The normalized spacial score (nSPS) is 12.2. The molecule has 0 unspecified atom stereocenters. The van der Waals surface area contributed by atoms with Gasteiger partial charge in [-0.05, 0) is 52.6 Å². The third-order valence-corrected chi connectivity index (χ3v) is 3.97. The van der Waals surface area contributed by atoms with Crippen LogP contribution in [0.2, 0.25) is 0 Å². The Labute approximate surface area is 143 Å². The van der Waals surface area contributed by atoms with Gasteiger partial charge in [0.1, 0.15) is 0 Å². The van der Waals surface area contributed by atoms with E-state index in [1.807, 2.05) is 17.7 Å². The summed E-state index contributed by atoms with van der Waals surface area (Å²) in [4.78, 5) is 17.5. The molecule has 1 amide bonds. The Kier molecular flexibility index (Phi) is 5.28. The quantitative estimate of drug-likeness (QED) is 0.825. The van der Waals surface area contributed by atoms with Crippen LogP contribution < -0.4 is 11.1 Å². The fraction of sp³-hybridized carbons (Fsp3) is 0.611. The zero-order valence-electron chi connectivity index (χ0n) is 15.6. The fourth-order valence-electron chi connectivity index (χ4n) is 2.65. The number of rotatable bonds is 5. The molecule has 3 N–H and O–H groups in total. The number of hydrogen-bond acceptors (Lipinski definition) is 4. The maximum absolute atomic E-state index is 12.7. The molecule has 6 nitrogen and oxygen atoms in total. The van der Waals surface area contributed by atoms with Crippen LogP contribution in [0.3, 0.4) is 0 Å². The highest BCUT2D eigenvalue weighted by molar-refractivity contribution is 6.06. The highest BCUT2D eigenvalue weighted by atomic mass is 16.1. The van der Waals surface area contributed by atoms with Crippen molar-refractivity contribution >= 4 is 16.9 Å². The molecule has 0 fully saturated rings. The van der Waals surface area contributed by atoms with E-state index < -0.39 is 0 Å². The molecule has 0 radical (unpaired) electrons. The van der Waals surface area contributed by atoms with Crippen LogP contribution in [0.15, 0.2) is 6.07 Å². The molecule has 24 heavy (non-hydrogen) atoms. The molecule has 0 saturated carbocycles. The van der Waals surface area contributed by atoms with Gasteiger partial charge in [0.15, 0.2) is 5.65 Å². The topological polar surface area (TPSA) is 85.8 Å². The zero-order chi connectivity index (χ0) is 18.1. The van der Waals surface area contributed by atoms with Gasteiger partial charge in [-0.2, -0.15) is 5.10 Å². The molecule has 0 bridgehead atoms. The summed E-state index contributed by atoms with van der Waals surface area (Å²) in [5.74, 6) is 0.142. The van der Waals surface area contributed by atoms with Crippen LogP contribution in [0.5, 0.6) is 0 Å². The summed E-state index contributed by atoms with van der Waals surface area (Å²) in [6.07, 6.45) is 0.761. The van der Waals surface area contributed by atoms with Crippen LogP contribution in [0, 0.1) is 6.92 Å². The number of pyridine rings is 1. The van der Waals surface area contributed by atoms with E-state index in [-0.39, 0.29) is 17.4 Å². The highest BCUT2D eigenvalue weighted by Crippen LogP contribution is 2.28. The van der Waals surface area contributed by atoms with Gasteiger partial charge in [-0.25, -0.2) is 9.67 Å². The minimum Gasteiger partial charge on any atom is -0.352 e. The van der Waals surface area contributed by atoms with Crippen molar-refractivity contribution in [3.63, 3.8) is 0 Å². The van der Waals surface area contributed by atoms with Crippen molar-refractivity contribution in [2.75, 3.05) is 13.1 Å². The third-order valence-electron chi connectivity index (χ3n) is 3.97. The Morgan fingerprint density at radius 1 is 1.38 bits per heavy atom. The summed E-state index contributed by atoms with van der Waals surface area (Å²) >= 11 is 0.